The first kappa shape index (κ1) is 21.5. The van der Waals surface area contributed by atoms with Crippen LogP contribution in [0.15, 0.2) is 84.6 Å². The number of aromatic nitrogens is 1. The van der Waals surface area contributed by atoms with Gasteiger partial charge in [-0.15, -0.1) is 0 Å². The number of aliphatic hydroxyl groups excluding tert-OH is 1. The largest absolute Gasteiger partial charge is 0.508 e. The predicted octanol–water partition coefficient (Wildman–Crippen LogP) is 4.85. The van der Waals surface area contributed by atoms with Crippen LogP contribution in [0.25, 0.3) is 16.7 Å². The van der Waals surface area contributed by atoms with Crippen LogP contribution in [-0.2, 0) is 16.0 Å². The maximum absolute atomic E-state index is 13.2. The quantitative estimate of drug-likeness (QED) is 0.229. The van der Waals surface area contributed by atoms with Gasteiger partial charge in [-0.25, -0.2) is 0 Å². The normalized spacial score (nSPS) is 17.6. The number of hydrogen-bond acceptors (Lipinski definition) is 4. The number of ketones is 1. The zero-order valence-corrected chi connectivity index (χ0v) is 18.7. The van der Waals surface area contributed by atoms with Gasteiger partial charge in [0.2, 0.25) is 0 Å². The molecular weight excluding hydrogens is 428 g/mol. The van der Waals surface area contributed by atoms with E-state index in [-0.39, 0.29) is 23.6 Å². The first-order valence-corrected chi connectivity index (χ1v) is 11.1. The van der Waals surface area contributed by atoms with E-state index in [4.69, 9.17) is 0 Å². The summed E-state index contributed by atoms with van der Waals surface area (Å²) in [5, 5.41) is 22.3. The van der Waals surface area contributed by atoms with Crippen LogP contribution in [0.5, 0.6) is 5.75 Å². The summed E-state index contributed by atoms with van der Waals surface area (Å²) in [7, 11) is 0. The molecule has 4 aromatic rings. The topological polar surface area (TPSA) is 93.6 Å². The molecule has 1 aliphatic heterocycles. The number of amides is 1. The van der Waals surface area contributed by atoms with E-state index in [0.29, 0.717) is 17.5 Å². The first-order chi connectivity index (χ1) is 16.4. The highest BCUT2D eigenvalue weighted by Crippen LogP contribution is 2.40. The molecule has 170 valence electrons. The zero-order chi connectivity index (χ0) is 23.8. The van der Waals surface area contributed by atoms with Crippen molar-refractivity contribution < 1.29 is 19.8 Å². The summed E-state index contributed by atoms with van der Waals surface area (Å²) in [6.45, 7) is 2.21. The molecule has 1 atom stereocenters. The van der Waals surface area contributed by atoms with Crippen molar-refractivity contribution in [2.75, 3.05) is 6.54 Å². The van der Waals surface area contributed by atoms with E-state index in [2.05, 4.69) is 4.98 Å². The third kappa shape index (κ3) is 3.73. The van der Waals surface area contributed by atoms with E-state index >= 15 is 0 Å². The number of likely N-dealkylation sites (tertiary alicyclic amines) is 1. The number of Topliss-reactive ketones (excluding diaryl/α,β-unsaturated/α-hetero) is 1. The van der Waals surface area contributed by atoms with Crippen LogP contribution in [-0.4, -0.2) is 38.3 Å². The zero-order valence-electron chi connectivity index (χ0n) is 18.7. The molecule has 34 heavy (non-hydrogen) atoms. The summed E-state index contributed by atoms with van der Waals surface area (Å²) in [6, 6.07) is 20.7. The van der Waals surface area contributed by atoms with Crippen molar-refractivity contribution in [3.05, 3.63) is 107 Å². The summed E-state index contributed by atoms with van der Waals surface area (Å²) in [6.07, 6.45) is 2.44. The SMILES string of the molecule is Cc1ccc(C(O)=C2C(=O)C(=O)N(CCc3c[nH]c4ccccc34)[C@@H]2c2cccc(O)c2)cc1. The number of aromatic hydroxyl groups is 1. The Morgan fingerprint density at radius 1 is 1.00 bits per heavy atom. The maximum Gasteiger partial charge on any atom is 0.295 e. The minimum Gasteiger partial charge on any atom is -0.508 e. The lowest BCUT2D eigenvalue weighted by Crippen LogP contribution is -2.31. The fraction of sp³-hybridized carbons (Fsp3) is 0.143. The predicted molar refractivity (Wildman–Crippen MR) is 130 cm³/mol. The number of aryl methyl sites for hydroxylation is 1. The van der Waals surface area contributed by atoms with Gasteiger partial charge in [-0.1, -0.05) is 60.2 Å². The number of carbonyl (C=O) groups excluding carboxylic acids is 2. The fourth-order valence-electron chi connectivity index (χ4n) is 4.60. The summed E-state index contributed by atoms with van der Waals surface area (Å²) in [5.41, 5.74) is 4.10. The molecule has 6 heteroatoms. The van der Waals surface area contributed by atoms with E-state index < -0.39 is 17.7 Å². The number of benzene rings is 3. The lowest BCUT2D eigenvalue weighted by molar-refractivity contribution is -0.139. The number of rotatable bonds is 5. The maximum atomic E-state index is 13.2. The van der Waals surface area contributed by atoms with Gasteiger partial charge >= 0.3 is 0 Å². The van der Waals surface area contributed by atoms with Crippen LogP contribution in [0.2, 0.25) is 0 Å². The number of para-hydroxylation sites is 1. The third-order valence-electron chi connectivity index (χ3n) is 6.35. The minimum atomic E-state index is -0.807. The fourth-order valence-corrected chi connectivity index (χ4v) is 4.60. The summed E-state index contributed by atoms with van der Waals surface area (Å²) in [5.74, 6) is -1.59. The van der Waals surface area contributed by atoms with Gasteiger partial charge in [-0.3, -0.25) is 9.59 Å². The Balaban J connectivity index is 1.57. The van der Waals surface area contributed by atoms with Gasteiger partial charge in [0.05, 0.1) is 11.6 Å². The molecule has 1 aromatic heterocycles. The van der Waals surface area contributed by atoms with E-state index in [0.717, 1.165) is 22.0 Å². The molecule has 0 saturated carbocycles. The van der Waals surface area contributed by atoms with E-state index in [1.165, 1.54) is 17.0 Å². The number of fused-ring (bicyclic) bond motifs is 1. The Kier molecular flexibility index (Phi) is 5.42. The standard InChI is InChI=1S/C28H24N2O4/c1-17-9-11-18(12-10-17)26(32)24-25(19-5-4-6-21(31)15-19)30(28(34)27(24)33)14-13-20-16-29-23-8-3-2-7-22(20)23/h2-12,15-16,25,29,31-32H,13-14H2,1H3/t25-/m1/s1. The molecular formula is C28H24N2O4. The van der Waals surface area contributed by atoms with Crippen molar-refractivity contribution in [1.82, 2.24) is 9.88 Å². The van der Waals surface area contributed by atoms with Crippen molar-refractivity contribution in [2.45, 2.75) is 19.4 Å². The van der Waals surface area contributed by atoms with Gasteiger partial charge in [0.15, 0.2) is 0 Å². The van der Waals surface area contributed by atoms with Crippen molar-refractivity contribution in [3.63, 3.8) is 0 Å². The van der Waals surface area contributed by atoms with Crippen LogP contribution >= 0.6 is 0 Å². The second-order valence-electron chi connectivity index (χ2n) is 8.56. The molecule has 1 saturated heterocycles. The number of aliphatic hydroxyl groups is 1. The highest BCUT2D eigenvalue weighted by Gasteiger charge is 2.46. The molecule has 0 spiro atoms. The Bertz CT molecular complexity index is 1430. The van der Waals surface area contributed by atoms with Crippen LogP contribution in [0.4, 0.5) is 0 Å². The molecule has 3 aromatic carbocycles. The second kappa shape index (κ2) is 8.56. The van der Waals surface area contributed by atoms with Gasteiger partial charge in [0, 0.05) is 29.2 Å². The van der Waals surface area contributed by atoms with Crippen LogP contribution in [0.1, 0.15) is 28.3 Å². The van der Waals surface area contributed by atoms with E-state index in [1.807, 2.05) is 49.5 Å². The van der Waals surface area contributed by atoms with Crippen molar-refractivity contribution in [2.24, 2.45) is 0 Å². The molecule has 0 aliphatic carbocycles. The van der Waals surface area contributed by atoms with Crippen molar-refractivity contribution in [3.8, 4) is 5.75 Å². The smallest absolute Gasteiger partial charge is 0.295 e. The molecule has 1 fully saturated rings. The highest BCUT2D eigenvalue weighted by atomic mass is 16.3. The minimum absolute atomic E-state index is 0.0232. The number of carbonyl (C=O) groups is 2. The number of phenols is 1. The highest BCUT2D eigenvalue weighted by molar-refractivity contribution is 6.46. The number of hydrogen-bond donors (Lipinski definition) is 3. The van der Waals surface area contributed by atoms with Crippen LogP contribution in [0, 0.1) is 6.92 Å². The molecule has 6 nitrogen and oxygen atoms in total. The number of nitrogens with zero attached hydrogens (tertiary/aromatic N) is 1. The van der Waals surface area contributed by atoms with Crippen LogP contribution < -0.4 is 0 Å². The van der Waals surface area contributed by atoms with Gasteiger partial charge in [-0.05, 0) is 42.7 Å². The molecule has 0 unspecified atom stereocenters. The van der Waals surface area contributed by atoms with Crippen molar-refractivity contribution in [1.29, 1.82) is 0 Å². The summed E-state index contributed by atoms with van der Waals surface area (Å²) >= 11 is 0. The van der Waals surface area contributed by atoms with E-state index in [1.54, 1.807) is 24.3 Å². The van der Waals surface area contributed by atoms with E-state index in [9.17, 15) is 19.8 Å². The van der Waals surface area contributed by atoms with Gasteiger partial charge < -0.3 is 20.1 Å². The lowest BCUT2D eigenvalue weighted by Gasteiger charge is -2.25. The van der Waals surface area contributed by atoms with Crippen molar-refractivity contribution >= 4 is 28.4 Å². The molecule has 0 bridgehead atoms. The molecule has 5 rings (SSSR count). The Labute approximate surface area is 196 Å². The number of H-pyrrole nitrogens is 1. The average molecular weight is 453 g/mol. The summed E-state index contributed by atoms with van der Waals surface area (Å²) in [4.78, 5) is 31.0. The number of phenolic OH excluding ortho intramolecular Hbond substituents is 1. The molecule has 1 aliphatic rings. The Morgan fingerprint density at radius 3 is 2.53 bits per heavy atom. The third-order valence-corrected chi connectivity index (χ3v) is 6.35. The van der Waals surface area contributed by atoms with Gasteiger partial charge in [0.1, 0.15) is 11.5 Å². The first-order valence-electron chi connectivity index (χ1n) is 11.1. The Hall–Kier alpha value is -4.32. The molecule has 3 N–H and O–H groups in total. The molecule has 1 amide bonds. The molecule has 2 heterocycles. The van der Waals surface area contributed by atoms with Gasteiger partial charge in [0.25, 0.3) is 11.7 Å². The Morgan fingerprint density at radius 2 is 1.76 bits per heavy atom. The monoisotopic (exact) mass is 452 g/mol. The summed E-state index contributed by atoms with van der Waals surface area (Å²) < 4.78 is 0. The number of nitrogens with one attached hydrogen (secondary N) is 1. The average Bonchev–Trinajstić information content (AvgIpc) is 3.36. The lowest BCUT2D eigenvalue weighted by atomic mass is 9.94. The van der Waals surface area contributed by atoms with Crippen LogP contribution in [0.3, 0.4) is 0 Å². The second-order valence-corrected chi connectivity index (χ2v) is 8.56. The molecule has 0 radical (unpaired) electrons. The van der Waals surface area contributed by atoms with Gasteiger partial charge in [-0.2, -0.15) is 0 Å². The number of aromatic amines is 1.